The number of hydrogen-bond donors (Lipinski definition) is 1. The van der Waals surface area contributed by atoms with Gasteiger partial charge in [-0.15, -0.1) is 12.6 Å². The topological polar surface area (TPSA) is 18.5 Å². The van der Waals surface area contributed by atoms with Gasteiger partial charge >= 0.3 is 0 Å². The van der Waals surface area contributed by atoms with Crippen molar-refractivity contribution in [3.8, 4) is 11.5 Å². The molecule has 0 aliphatic carbocycles. The minimum Gasteiger partial charge on any atom is -0.496 e. The van der Waals surface area contributed by atoms with Crippen LogP contribution >= 0.6 is 12.6 Å². The maximum Gasteiger partial charge on any atom is 0.133 e. The van der Waals surface area contributed by atoms with Gasteiger partial charge in [-0.1, -0.05) is 6.07 Å². The molecule has 2 nitrogen and oxygen atoms in total. The molecule has 2 rings (SSSR count). The molecule has 0 saturated carbocycles. The Kier molecular flexibility index (Phi) is 4.32. The van der Waals surface area contributed by atoms with Crippen LogP contribution < -0.4 is 9.47 Å². The average molecular weight is 278 g/mol. The highest BCUT2D eigenvalue weighted by Gasteiger charge is 2.10. The van der Waals surface area contributed by atoms with Gasteiger partial charge < -0.3 is 9.47 Å². The molecule has 0 spiro atoms. The number of methoxy groups -OCH3 is 1. The van der Waals surface area contributed by atoms with Crippen LogP contribution in [0.2, 0.25) is 0 Å². The van der Waals surface area contributed by atoms with Gasteiger partial charge in [-0.3, -0.25) is 0 Å². The molecule has 19 heavy (non-hydrogen) atoms. The lowest BCUT2D eigenvalue weighted by Gasteiger charge is -2.12. The van der Waals surface area contributed by atoms with E-state index in [1.165, 1.54) is 13.2 Å². The molecule has 0 heterocycles. The number of aryl methyl sites for hydroxylation is 1. The molecule has 2 aromatic rings. The third kappa shape index (κ3) is 3.20. The minimum atomic E-state index is -0.331. The normalized spacial score (nSPS) is 10.3. The predicted octanol–water partition coefficient (Wildman–Crippen LogP) is 4.01. The fraction of sp³-hybridized carbons (Fsp3) is 0.200. The second kappa shape index (κ2) is 5.97. The van der Waals surface area contributed by atoms with Gasteiger partial charge in [-0.05, 0) is 42.8 Å². The monoisotopic (exact) mass is 278 g/mol. The molecular formula is C15H15FO2S. The smallest absolute Gasteiger partial charge is 0.133 e. The maximum absolute atomic E-state index is 13.7. The lowest BCUT2D eigenvalue weighted by atomic mass is 10.2. The quantitative estimate of drug-likeness (QED) is 0.852. The van der Waals surface area contributed by atoms with Crippen molar-refractivity contribution in [1.29, 1.82) is 0 Å². The first-order valence-electron chi connectivity index (χ1n) is 5.85. The fourth-order valence-corrected chi connectivity index (χ4v) is 2.08. The second-order valence-corrected chi connectivity index (χ2v) is 4.68. The molecule has 0 bridgehead atoms. The zero-order valence-electron chi connectivity index (χ0n) is 10.8. The van der Waals surface area contributed by atoms with Gasteiger partial charge in [0.1, 0.15) is 23.9 Å². The molecule has 0 atom stereocenters. The van der Waals surface area contributed by atoms with E-state index in [-0.39, 0.29) is 12.4 Å². The molecule has 2 aromatic carbocycles. The highest BCUT2D eigenvalue weighted by Crippen LogP contribution is 2.25. The Balaban J connectivity index is 2.19. The zero-order chi connectivity index (χ0) is 13.8. The predicted molar refractivity (Wildman–Crippen MR) is 75.7 cm³/mol. The Labute approximate surface area is 117 Å². The summed E-state index contributed by atoms with van der Waals surface area (Å²) >= 11 is 4.25. The summed E-state index contributed by atoms with van der Waals surface area (Å²) in [6, 6.07) is 10.3. The van der Waals surface area contributed by atoms with Gasteiger partial charge in [0.05, 0.1) is 12.7 Å². The van der Waals surface area contributed by atoms with Crippen LogP contribution in [-0.4, -0.2) is 7.11 Å². The molecule has 0 aliphatic rings. The van der Waals surface area contributed by atoms with Crippen molar-refractivity contribution in [3.05, 3.63) is 53.3 Å². The van der Waals surface area contributed by atoms with Gasteiger partial charge in [-0.25, -0.2) is 4.39 Å². The molecule has 100 valence electrons. The van der Waals surface area contributed by atoms with Crippen molar-refractivity contribution in [1.82, 2.24) is 0 Å². The summed E-state index contributed by atoms with van der Waals surface area (Å²) in [4.78, 5) is 0.869. The number of rotatable bonds is 4. The van der Waals surface area contributed by atoms with Gasteiger partial charge in [0, 0.05) is 4.90 Å². The van der Waals surface area contributed by atoms with E-state index < -0.39 is 0 Å². The van der Waals surface area contributed by atoms with E-state index in [0.717, 1.165) is 10.5 Å². The first kappa shape index (κ1) is 13.7. The lowest BCUT2D eigenvalue weighted by molar-refractivity contribution is 0.287. The Hall–Kier alpha value is -1.68. The Bertz CT molecular complexity index is 584. The van der Waals surface area contributed by atoms with Crippen LogP contribution in [-0.2, 0) is 6.61 Å². The van der Waals surface area contributed by atoms with Crippen molar-refractivity contribution in [3.63, 3.8) is 0 Å². The van der Waals surface area contributed by atoms with Gasteiger partial charge in [-0.2, -0.15) is 0 Å². The van der Waals surface area contributed by atoms with E-state index in [2.05, 4.69) is 12.6 Å². The Morgan fingerprint density at radius 2 is 1.95 bits per heavy atom. The first-order valence-corrected chi connectivity index (χ1v) is 6.30. The van der Waals surface area contributed by atoms with Crippen LogP contribution in [0.25, 0.3) is 0 Å². The maximum atomic E-state index is 13.7. The van der Waals surface area contributed by atoms with Crippen molar-refractivity contribution in [2.24, 2.45) is 0 Å². The third-order valence-electron chi connectivity index (χ3n) is 2.83. The van der Waals surface area contributed by atoms with Gasteiger partial charge in [0.25, 0.3) is 0 Å². The number of halogens is 1. The second-order valence-electron chi connectivity index (χ2n) is 4.16. The van der Waals surface area contributed by atoms with Crippen molar-refractivity contribution < 1.29 is 13.9 Å². The van der Waals surface area contributed by atoms with E-state index in [1.54, 1.807) is 12.1 Å². The number of hydrogen-bond acceptors (Lipinski definition) is 3. The highest BCUT2D eigenvalue weighted by molar-refractivity contribution is 7.80. The van der Waals surface area contributed by atoms with E-state index in [0.29, 0.717) is 17.1 Å². The largest absolute Gasteiger partial charge is 0.496 e. The summed E-state index contributed by atoms with van der Waals surface area (Å²) in [5, 5.41) is 0. The molecular weight excluding hydrogens is 263 g/mol. The standard InChI is InChI=1S/C15H15FO2S/c1-10-8-11(19)6-7-14(10)18-9-12-13(16)4-3-5-15(12)17-2/h3-8,19H,9H2,1-2H3. The van der Waals surface area contributed by atoms with E-state index in [9.17, 15) is 4.39 Å². The van der Waals surface area contributed by atoms with Gasteiger partial charge in [0.2, 0.25) is 0 Å². The number of ether oxygens (including phenoxy) is 2. The fourth-order valence-electron chi connectivity index (χ4n) is 1.82. The summed E-state index contributed by atoms with van der Waals surface area (Å²) < 4.78 is 24.5. The molecule has 0 fully saturated rings. The molecule has 0 saturated heterocycles. The SMILES string of the molecule is COc1cccc(F)c1COc1ccc(S)cc1C. The lowest BCUT2D eigenvalue weighted by Crippen LogP contribution is -2.02. The highest BCUT2D eigenvalue weighted by atomic mass is 32.1. The van der Waals surface area contributed by atoms with Crippen LogP contribution in [0.4, 0.5) is 4.39 Å². The van der Waals surface area contributed by atoms with Crippen LogP contribution in [0.3, 0.4) is 0 Å². The summed E-state index contributed by atoms with van der Waals surface area (Å²) in [5.41, 5.74) is 1.38. The average Bonchev–Trinajstić information content (AvgIpc) is 2.39. The van der Waals surface area contributed by atoms with Crippen LogP contribution in [0.5, 0.6) is 11.5 Å². The summed E-state index contributed by atoms with van der Waals surface area (Å²) in [6.45, 7) is 2.05. The third-order valence-corrected chi connectivity index (χ3v) is 3.10. The number of thiol groups is 1. The zero-order valence-corrected chi connectivity index (χ0v) is 11.7. The Morgan fingerprint density at radius 3 is 2.63 bits per heavy atom. The van der Waals surface area contributed by atoms with Crippen LogP contribution in [0.1, 0.15) is 11.1 Å². The molecule has 0 amide bonds. The summed E-state index contributed by atoms with van der Waals surface area (Å²) in [5.74, 6) is 0.870. The van der Waals surface area contributed by atoms with Crippen molar-refractivity contribution >= 4 is 12.6 Å². The molecule has 0 aromatic heterocycles. The van der Waals surface area contributed by atoms with Gasteiger partial charge in [0.15, 0.2) is 0 Å². The molecule has 0 aliphatic heterocycles. The number of benzene rings is 2. The summed E-state index contributed by atoms with van der Waals surface area (Å²) in [7, 11) is 1.51. The van der Waals surface area contributed by atoms with Crippen LogP contribution in [0.15, 0.2) is 41.3 Å². The van der Waals surface area contributed by atoms with E-state index in [4.69, 9.17) is 9.47 Å². The molecule has 0 unspecified atom stereocenters. The summed E-state index contributed by atoms with van der Waals surface area (Å²) in [6.07, 6.45) is 0. The molecule has 0 N–H and O–H groups in total. The van der Waals surface area contributed by atoms with Crippen molar-refractivity contribution in [2.75, 3.05) is 7.11 Å². The minimum absolute atomic E-state index is 0.128. The molecule has 0 radical (unpaired) electrons. The van der Waals surface area contributed by atoms with Crippen molar-refractivity contribution in [2.45, 2.75) is 18.4 Å². The Morgan fingerprint density at radius 1 is 1.16 bits per heavy atom. The first-order chi connectivity index (χ1) is 9.11. The van der Waals surface area contributed by atoms with E-state index >= 15 is 0 Å². The van der Waals surface area contributed by atoms with E-state index in [1.807, 2.05) is 25.1 Å². The van der Waals surface area contributed by atoms with Crippen LogP contribution in [0, 0.1) is 12.7 Å². The molecule has 4 heteroatoms.